The number of rotatable bonds is 4. The molecule has 0 spiro atoms. The lowest BCUT2D eigenvalue weighted by molar-refractivity contribution is 0.352. The topological polar surface area (TPSA) is 59.0 Å². The second kappa shape index (κ2) is 6.04. The normalized spacial score (nSPS) is 17.9. The predicted molar refractivity (Wildman–Crippen MR) is 90.0 cm³/mol. The molecule has 0 bridgehead atoms. The molecule has 5 nitrogen and oxygen atoms in total. The number of nitrogens with zero attached hydrogens (tertiary/aromatic N) is 2. The molecule has 0 fully saturated rings. The van der Waals surface area contributed by atoms with E-state index in [9.17, 15) is 8.42 Å². The molecule has 2 aromatic carbocycles. The summed E-state index contributed by atoms with van der Waals surface area (Å²) in [5.74, 6) is 0.663. The van der Waals surface area contributed by atoms with Crippen LogP contribution in [-0.2, 0) is 10.0 Å². The zero-order valence-corrected chi connectivity index (χ0v) is 13.8. The highest BCUT2D eigenvalue weighted by molar-refractivity contribution is 7.88. The number of sulfonamides is 1. The number of methoxy groups -OCH3 is 1. The van der Waals surface area contributed by atoms with Crippen molar-refractivity contribution in [1.82, 2.24) is 4.41 Å². The third-order valence-corrected chi connectivity index (χ3v) is 4.83. The van der Waals surface area contributed by atoms with E-state index in [1.165, 1.54) is 10.7 Å². The molecule has 0 aromatic heterocycles. The summed E-state index contributed by atoms with van der Waals surface area (Å²) >= 11 is 0. The van der Waals surface area contributed by atoms with Gasteiger partial charge in [0.1, 0.15) is 5.75 Å². The molecule has 1 aliphatic heterocycles. The average Bonchev–Trinajstić information content (AvgIpc) is 3.01. The van der Waals surface area contributed by atoms with Crippen LogP contribution in [0.15, 0.2) is 59.7 Å². The van der Waals surface area contributed by atoms with Gasteiger partial charge in [0, 0.05) is 12.0 Å². The molecule has 1 aliphatic rings. The predicted octanol–water partition coefficient (Wildman–Crippen LogP) is 2.81. The maximum atomic E-state index is 12.2. The van der Waals surface area contributed by atoms with Crippen molar-refractivity contribution < 1.29 is 13.2 Å². The molecule has 0 amide bonds. The Morgan fingerprint density at radius 2 is 1.74 bits per heavy atom. The van der Waals surface area contributed by atoms with Crippen LogP contribution in [0.2, 0.25) is 0 Å². The molecule has 0 unspecified atom stereocenters. The summed E-state index contributed by atoms with van der Waals surface area (Å²) in [6.45, 7) is 0. The molecule has 120 valence electrons. The maximum Gasteiger partial charge on any atom is 0.247 e. The lowest BCUT2D eigenvalue weighted by atomic mass is 9.98. The van der Waals surface area contributed by atoms with Gasteiger partial charge in [0.2, 0.25) is 10.0 Å². The van der Waals surface area contributed by atoms with Crippen molar-refractivity contribution in [2.75, 3.05) is 13.4 Å². The average molecular weight is 330 g/mol. The summed E-state index contributed by atoms with van der Waals surface area (Å²) in [6.07, 6.45) is 1.68. The van der Waals surface area contributed by atoms with E-state index >= 15 is 0 Å². The summed E-state index contributed by atoms with van der Waals surface area (Å²) in [4.78, 5) is 0. The second-order valence-electron chi connectivity index (χ2n) is 5.41. The van der Waals surface area contributed by atoms with E-state index in [1.807, 2.05) is 54.6 Å². The zero-order valence-electron chi connectivity index (χ0n) is 13.0. The zero-order chi connectivity index (χ0) is 16.4. The van der Waals surface area contributed by atoms with Gasteiger partial charge in [0.25, 0.3) is 0 Å². The molecular formula is C17H18N2O3S. The Hall–Kier alpha value is -2.34. The van der Waals surface area contributed by atoms with Crippen LogP contribution in [-0.4, -0.2) is 31.9 Å². The van der Waals surface area contributed by atoms with Gasteiger partial charge in [-0.15, -0.1) is 0 Å². The lowest BCUT2D eigenvalue weighted by Gasteiger charge is -2.23. The third-order valence-electron chi connectivity index (χ3n) is 3.82. The van der Waals surface area contributed by atoms with Crippen molar-refractivity contribution >= 4 is 15.7 Å². The van der Waals surface area contributed by atoms with E-state index in [1.54, 1.807) is 7.11 Å². The van der Waals surface area contributed by atoms with E-state index in [0.717, 1.165) is 16.8 Å². The number of benzene rings is 2. The van der Waals surface area contributed by atoms with Crippen LogP contribution < -0.4 is 4.74 Å². The molecule has 23 heavy (non-hydrogen) atoms. The van der Waals surface area contributed by atoms with E-state index in [0.29, 0.717) is 12.2 Å². The molecule has 1 atom stereocenters. The number of para-hydroxylation sites is 1. The van der Waals surface area contributed by atoms with Crippen molar-refractivity contribution in [2.24, 2.45) is 5.10 Å². The largest absolute Gasteiger partial charge is 0.496 e. The van der Waals surface area contributed by atoms with Gasteiger partial charge >= 0.3 is 0 Å². The highest BCUT2D eigenvalue weighted by Gasteiger charge is 2.35. The van der Waals surface area contributed by atoms with Gasteiger partial charge in [-0.2, -0.15) is 9.52 Å². The van der Waals surface area contributed by atoms with Crippen LogP contribution in [0.25, 0.3) is 0 Å². The molecule has 1 heterocycles. The monoisotopic (exact) mass is 330 g/mol. The Labute approximate surface area is 136 Å². The maximum absolute atomic E-state index is 12.2. The smallest absolute Gasteiger partial charge is 0.247 e. The van der Waals surface area contributed by atoms with Gasteiger partial charge in [-0.05, 0) is 11.6 Å². The van der Waals surface area contributed by atoms with Gasteiger partial charge in [-0.3, -0.25) is 0 Å². The molecule has 3 rings (SSSR count). The Morgan fingerprint density at radius 3 is 2.39 bits per heavy atom. The minimum Gasteiger partial charge on any atom is -0.496 e. The number of ether oxygens (including phenoxy) is 1. The fourth-order valence-electron chi connectivity index (χ4n) is 2.77. The Kier molecular flexibility index (Phi) is 4.09. The van der Waals surface area contributed by atoms with Crippen LogP contribution in [0.5, 0.6) is 5.75 Å². The van der Waals surface area contributed by atoms with Gasteiger partial charge in [0.05, 0.1) is 25.1 Å². The van der Waals surface area contributed by atoms with Crippen molar-refractivity contribution in [2.45, 2.75) is 12.5 Å². The SMILES string of the molecule is COc1ccccc1[C@@H]1CC(c2ccccc2)=NN1S(C)(=O)=O. The first-order chi connectivity index (χ1) is 11.0. The number of hydrogen-bond acceptors (Lipinski definition) is 4. The molecule has 0 saturated heterocycles. The molecule has 0 radical (unpaired) electrons. The first-order valence-corrected chi connectivity index (χ1v) is 9.11. The summed E-state index contributed by atoms with van der Waals surface area (Å²) < 4.78 is 30.9. The van der Waals surface area contributed by atoms with E-state index in [4.69, 9.17) is 4.74 Å². The lowest BCUT2D eigenvalue weighted by Crippen LogP contribution is -2.26. The fourth-order valence-corrected chi connectivity index (χ4v) is 3.67. The van der Waals surface area contributed by atoms with E-state index < -0.39 is 16.1 Å². The van der Waals surface area contributed by atoms with Gasteiger partial charge < -0.3 is 4.74 Å². The van der Waals surface area contributed by atoms with Gasteiger partial charge in [-0.25, -0.2) is 8.42 Å². The first-order valence-electron chi connectivity index (χ1n) is 7.26. The first kappa shape index (κ1) is 15.6. The fraction of sp³-hybridized carbons (Fsp3) is 0.235. The summed E-state index contributed by atoms with van der Waals surface area (Å²) in [7, 11) is -1.89. The van der Waals surface area contributed by atoms with Gasteiger partial charge in [-0.1, -0.05) is 48.5 Å². The van der Waals surface area contributed by atoms with Crippen molar-refractivity contribution in [3.63, 3.8) is 0 Å². The quantitative estimate of drug-likeness (QED) is 0.866. The third kappa shape index (κ3) is 3.07. The van der Waals surface area contributed by atoms with Crippen LogP contribution in [0.1, 0.15) is 23.6 Å². The highest BCUT2D eigenvalue weighted by atomic mass is 32.2. The molecular weight excluding hydrogens is 312 g/mol. The van der Waals surface area contributed by atoms with Gasteiger partial charge in [0.15, 0.2) is 0 Å². The molecule has 0 N–H and O–H groups in total. The highest BCUT2D eigenvalue weighted by Crippen LogP contribution is 2.38. The molecule has 2 aromatic rings. The van der Waals surface area contributed by atoms with Crippen LogP contribution in [0.3, 0.4) is 0 Å². The molecule has 0 saturated carbocycles. The minimum absolute atomic E-state index is 0.392. The Balaban J connectivity index is 2.05. The Morgan fingerprint density at radius 1 is 1.09 bits per heavy atom. The van der Waals surface area contributed by atoms with Crippen LogP contribution >= 0.6 is 0 Å². The van der Waals surface area contributed by atoms with Crippen molar-refractivity contribution in [3.05, 3.63) is 65.7 Å². The molecule has 6 heteroatoms. The van der Waals surface area contributed by atoms with E-state index in [-0.39, 0.29) is 0 Å². The second-order valence-corrected chi connectivity index (χ2v) is 7.25. The van der Waals surface area contributed by atoms with Crippen molar-refractivity contribution in [3.8, 4) is 5.75 Å². The minimum atomic E-state index is -3.48. The van der Waals surface area contributed by atoms with Crippen LogP contribution in [0, 0.1) is 0 Å². The van der Waals surface area contributed by atoms with E-state index in [2.05, 4.69) is 5.10 Å². The summed E-state index contributed by atoms with van der Waals surface area (Å²) in [5, 5.41) is 4.37. The molecule has 0 aliphatic carbocycles. The summed E-state index contributed by atoms with van der Waals surface area (Å²) in [5.41, 5.74) is 2.50. The van der Waals surface area contributed by atoms with Crippen molar-refractivity contribution in [1.29, 1.82) is 0 Å². The van der Waals surface area contributed by atoms with Crippen LogP contribution in [0.4, 0.5) is 0 Å². The Bertz CT molecular complexity index is 832. The standard InChI is InChI=1S/C17H18N2O3S/c1-22-17-11-7-6-10-14(17)16-12-15(13-8-4-3-5-9-13)18-19(16)23(2,20)21/h3-11,16H,12H2,1-2H3/t16-/m0/s1. The number of hydrogen-bond donors (Lipinski definition) is 0. The summed E-state index contributed by atoms with van der Waals surface area (Å²) in [6, 6.07) is 16.7. The number of hydrazone groups is 1.